The normalized spacial score (nSPS) is 11.9. The van der Waals surface area contributed by atoms with Crippen molar-refractivity contribution in [2.45, 2.75) is 26.4 Å². The van der Waals surface area contributed by atoms with Crippen molar-refractivity contribution in [2.24, 2.45) is 0 Å². The molecule has 0 aliphatic heterocycles. The first-order valence-corrected chi connectivity index (χ1v) is 6.58. The van der Waals surface area contributed by atoms with Crippen molar-refractivity contribution in [3.8, 4) is 0 Å². The highest BCUT2D eigenvalue weighted by Gasteiger charge is 2.11. The van der Waals surface area contributed by atoms with Crippen molar-refractivity contribution in [3.63, 3.8) is 0 Å². The van der Waals surface area contributed by atoms with Crippen LogP contribution < -0.4 is 10.9 Å². The number of aromatic nitrogens is 1. The molecular weight excluding hydrogens is 252 g/mol. The molecule has 2 rings (SSSR count). The van der Waals surface area contributed by atoms with Crippen molar-refractivity contribution < 1.29 is 4.79 Å². The molecule has 1 aromatic carbocycles. The number of benzene rings is 1. The second-order valence-electron chi connectivity index (χ2n) is 4.79. The molecule has 0 radical (unpaired) electrons. The van der Waals surface area contributed by atoms with Gasteiger partial charge in [-0.3, -0.25) is 9.59 Å². The minimum Gasteiger partial charge on any atom is -0.348 e. The van der Waals surface area contributed by atoms with Gasteiger partial charge in [-0.15, -0.1) is 0 Å². The first kappa shape index (κ1) is 14.1. The molecule has 0 saturated heterocycles. The minimum absolute atomic E-state index is 0.0443. The number of carbonyl (C=O) groups is 1. The predicted octanol–water partition coefficient (Wildman–Crippen LogP) is 2.03. The third kappa shape index (κ3) is 3.35. The van der Waals surface area contributed by atoms with Gasteiger partial charge >= 0.3 is 0 Å². The molecule has 0 aliphatic carbocycles. The lowest BCUT2D eigenvalue weighted by Crippen LogP contribution is -2.34. The maximum atomic E-state index is 12.0. The zero-order chi connectivity index (χ0) is 14.5. The van der Waals surface area contributed by atoms with Crippen LogP contribution in [-0.4, -0.2) is 10.5 Å². The Kier molecular flexibility index (Phi) is 4.35. The van der Waals surface area contributed by atoms with Gasteiger partial charge in [-0.2, -0.15) is 0 Å². The third-order valence-corrected chi connectivity index (χ3v) is 3.25. The molecule has 1 aromatic heterocycles. The van der Waals surface area contributed by atoms with Gasteiger partial charge in [0.25, 0.3) is 5.56 Å². The van der Waals surface area contributed by atoms with Crippen LogP contribution in [0, 0.1) is 6.92 Å². The highest BCUT2D eigenvalue weighted by atomic mass is 16.2. The summed E-state index contributed by atoms with van der Waals surface area (Å²) in [6.45, 7) is 3.78. The summed E-state index contributed by atoms with van der Waals surface area (Å²) in [6.07, 6.45) is 0. The summed E-state index contributed by atoms with van der Waals surface area (Å²) in [6, 6.07) is 14.6. The van der Waals surface area contributed by atoms with Crippen LogP contribution in [0.15, 0.2) is 53.3 Å². The van der Waals surface area contributed by atoms with Crippen LogP contribution in [0.2, 0.25) is 0 Å². The van der Waals surface area contributed by atoms with Gasteiger partial charge in [0.15, 0.2) is 0 Å². The van der Waals surface area contributed by atoms with Crippen molar-refractivity contribution in [1.29, 1.82) is 0 Å². The van der Waals surface area contributed by atoms with Gasteiger partial charge in [-0.1, -0.05) is 36.4 Å². The number of aryl methyl sites for hydroxylation is 1. The Labute approximate surface area is 118 Å². The Morgan fingerprint density at radius 2 is 1.85 bits per heavy atom. The smallest absolute Gasteiger partial charge is 0.251 e. The monoisotopic (exact) mass is 270 g/mol. The van der Waals surface area contributed by atoms with Crippen LogP contribution in [-0.2, 0) is 11.3 Å². The fraction of sp³-hybridized carbons (Fsp3) is 0.250. The van der Waals surface area contributed by atoms with E-state index >= 15 is 0 Å². The molecule has 0 aliphatic rings. The summed E-state index contributed by atoms with van der Waals surface area (Å²) in [4.78, 5) is 23.7. The number of nitrogens with one attached hydrogen (secondary N) is 1. The molecule has 0 bridgehead atoms. The van der Waals surface area contributed by atoms with E-state index in [-0.39, 0.29) is 24.1 Å². The van der Waals surface area contributed by atoms with Crippen molar-refractivity contribution in [2.75, 3.05) is 0 Å². The average Bonchev–Trinajstić information content (AvgIpc) is 2.44. The SMILES string of the molecule is Cc1cccc(=O)n1CC(=O)NC(C)c1ccccc1. The lowest BCUT2D eigenvalue weighted by atomic mass is 10.1. The molecule has 0 fully saturated rings. The summed E-state index contributed by atoms with van der Waals surface area (Å²) >= 11 is 0. The van der Waals surface area contributed by atoms with E-state index in [0.29, 0.717) is 0 Å². The molecule has 0 saturated carbocycles. The number of pyridine rings is 1. The first-order chi connectivity index (χ1) is 9.58. The van der Waals surface area contributed by atoms with Crippen molar-refractivity contribution in [1.82, 2.24) is 9.88 Å². The molecule has 4 heteroatoms. The Morgan fingerprint density at radius 1 is 1.15 bits per heavy atom. The molecule has 2 aromatic rings. The fourth-order valence-electron chi connectivity index (χ4n) is 2.08. The van der Waals surface area contributed by atoms with Crippen molar-refractivity contribution >= 4 is 5.91 Å². The number of amides is 1. The van der Waals surface area contributed by atoms with Crippen LogP contribution in [0.1, 0.15) is 24.2 Å². The maximum absolute atomic E-state index is 12.0. The van der Waals surface area contributed by atoms with Gasteiger partial charge in [-0.25, -0.2) is 0 Å². The molecule has 0 spiro atoms. The van der Waals surface area contributed by atoms with E-state index in [0.717, 1.165) is 11.3 Å². The zero-order valence-electron chi connectivity index (χ0n) is 11.7. The Bertz CT molecular complexity index is 647. The summed E-state index contributed by atoms with van der Waals surface area (Å²) in [7, 11) is 0. The number of hydrogen-bond donors (Lipinski definition) is 1. The molecule has 1 amide bonds. The van der Waals surface area contributed by atoms with E-state index in [4.69, 9.17) is 0 Å². The Balaban J connectivity index is 2.05. The summed E-state index contributed by atoms with van der Waals surface area (Å²) < 4.78 is 1.47. The maximum Gasteiger partial charge on any atom is 0.251 e. The quantitative estimate of drug-likeness (QED) is 0.924. The summed E-state index contributed by atoms with van der Waals surface area (Å²) in [5.41, 5.74) is 1.66. The van der Waals surface area contributed by atoms with E-state index in [1.807, 2.05) is 50.2 Å². The molecule has 1 heterocycles. The van der Waals surface area contributed by atoms with Crippen LogP contribution >= 0.6 is 0 Å². The van der Waals surface area contributed by atoms with Crippen LogP contribution in [0.3, 0.4) is 0 Å². The predicted molar refractivity (Wildman–Crippen MR) is 78.4 cm³/mol. The largest absolute Gasteiger partial charge is 0.348 e. The molecule has 1 atom stereocenters. The molecule has 1 unspecified atom stereocenters. The molecule has 1 N–H and O–H groups in total. The Morgan fingerprint density at radius 3 is 2.50 bits per heavy atom. The molecule has 4 nitrogen and oxygen atoms in total. The average molecular weight is 270 g/mol. The highest BCUT2D eigenvalue weighted by molar-refractivity contribution is 5.76. The zero-order valence-corrected chi connectivity index (χ0v) is 11.7. The van der Waals surface area contributed by atoms with Gasteiger partial charge in [0, 0.05) is 11.8 Å². The summed E-state index contributed by atoms with van der Waals surface area (Å²) in [5.74, 6) is -0.169. The van der Waals surface area contributed by atoms with Crippen LogP contribution in [0.5, 0.6) is 0 Å². The number of rotatable bonds is 4. The molecular formula is C16H18N2O2. The lowest BCUT2D eigenvalue weighted by molar-refractivity contribution is -0.122. The second-order valence-corrected chi connectivity index (χ2v) is 4.79. The highest BCUT2D eigenvalue weighted by Crippen LogP contribution is 2.10. The number of hydrogen-bond acceptors (Lipinski definition) is 2. The third-order valence-electron chi connectivity index (χ3n) is 3.25. The number of nitrogens with zero attached hydrogens (tertiary/aromatic N) is 1. The molecule has 20 heavy (non-hydrogen) atoms. The van der Waals surface area contributed by atoms with E-state index < -0.39 is 0 Å². The van der Waals surface area contributed by atoms with Crippen molar-refractivity contribution in [3.05, 3.63) is 70.1 Å². The van der Waals surface area contributed by atoms with Gasteiger partial charge in [-0.05, 0) is 25.5 Å². The van der Waals surface area contributed by atoms with E-state index in [2.05, 4.69) is 5.32 Å². The Hall–Kier alpha value is -2.36. The molecule has 104 valence electrons. The minimum atomic E-state index is -0.169. The van der Waals surface area contributed by atoms with E-state index in [9.17, 15) is 9.59 Å². The van der Waals surface area contributed by atoms with E-state index in [1.165, 1.54) is 10.6 Å². The standard InChI is InChI=1S/C16H18N2O2/c1-12-7-6-10-16(20)18(12)11-15(19)17-13(2)14-8-4-3-5-9-14/h3-10,13H,11H2,1-2H3,(H,17,19). The number of carbonyl (C=O) groups excluding carboxylic acids is 1. The fourth-order valence-corrected chi connectivity index (χ4v) is 2.08. The van der Waals surface area contributed by atoms with Gasteiger partial charge in [0.05, 0.1) is 6.04 Å². The first-order valence-electron chi connectivity index (χ1n) is 6.58. The van der Waals surface area contributed by atoms with Crippen LogP contribution in [0.4, 0.5) is 0 Å². The van der Waals surface area contributed by atoms with Gasteiger partial charge < -0.3 is 9.88 Å². The second kappa shape index (κ2) is 6.19. The van der Waals surface area contributed by atoms with Gasteiger partial charge in [0.2, 0.25) is 5.91 Å². The van der Waals surface area contributed by atoms with Crippen LogP contribution in [0.25, 0.3) is 0 Å². The summed E-state index contributed by atoms with van der Waals surface area (Å²) in [5, 5.41) is 2.90. The van der Waals surface area contributed by atoms with Gasteiger partial charge in [0.1, 0.15) is 6.54 Å². The van der Waals surface area contributed by atoms with E-state index in [1.54, 1.807) is 6.07 Å². The lowest BCUT2D eigenvalue weighted by Gasteiger charge is -2.15. The topological polar surface area (TPSA) is 51.1 Å².